The summed E-state index contributed by atoms with van der Waals surface area (Å²) in [5.41, 5.74) is 1.60. The molecule has 6 heteroatoms. The maximum atomic E-state index is 12.6. The summed E-state index contributed by atoms with van der Waals surface area (Å²) in [5.74, 6) is 2.07. The monoisotopic (exact) mass is 338 g/mol. The van der Waals surface area contributed by atoms with Gasteiger partial charge in [0.1, 0.15) is 22.2 Å². The van der Waals surface area contributed by atoms with Gasteiger partial charge in [-0.2, -0.15) is 0 Å². The van der Waals surface area contributed by atoms with E-state index in [1.54, 1.807) is 19.4 Å². The van der Waals surface area contributed by atoms with Crippen LogP contribution in [0.5, 0.6) is 5.75 Å². The van der Waals surface area contributed by atoms with Gasteiger partial charge in [0.15, 0.2) is 0 Å². The molecule has 5 nitrogen and oxygen atoms in total. The first-order valence-corrected chi connectivity index (χ1v) is 8.30. The molecule has 1 aromatic carbocycles. The van der Waals surface area contributed by atoms with Crippen LogP contribution in [0.3, 0.4) is 0 Å². The van der Waals surface area contributed by atoms with Crippen LogP contribution in [0.2, 0.25) is 0 Å². The number of aromatic amines is 1. The minimum Gasteiger partial charge on any atom is -0.496 e. The third kappa shape index (κ3) is 2.51. The fourth-order valence-electron chi connectivity index (χ4n) is 2.72. The molecule has 0 spiro atoms. The van der Waals surface area contributed by atoms with Crippen molar-refractivity contribution in [2.75, 3.05) is 7.11 Å². The number of nitrogens with one attached hydrogen (secondary N) is 1. The highest BCUT2D eigenvalue weighted by atomic mass is 32.1. The van der Waals surface area contributed by atoms with Crippen LogP contribution in [-0.2, 0) is 6.42 Å². The minimum atomic E-state index is -0.155. The zero-order valence-electron chi connectivity index (χ0n) is 12.9. The Morgan fingerprint density at radius 2 is 2.12 bits per heavy atom. The van der Waals surface area contributed by atoms with Crippen molar-refractivity contribution in [3.63, 3.8) is 0 Å². The van der Waals surface area contributed by atoms with E-state index in [4.69, 9.17) is 9.15 Å². The van der Waals surface area contributed by atoms with Gasteiger partial charge < -0.3 is 14.1 Å². The maximum Gasteiger partial charge on any atom is 0.260 e. The number of aromatic nitrogens is 2. The average molecular weight is 338 g/mol. The smallest absolute Gasteiger partial charge is 0.260 e. The molecule has 3 aromatic heterocycles. The van der Waals surface area contributed by atoms with Gasteiger partial charge in [0.05, 0.1) is 18.8 Å². The summed E-state index contributed by atoms with van der Waals surface area (Å²) >= 11 is 1.44. The van der Waals surface area contributed by atoms with E-state index < -0.39 is 0 Å². The molecule has 120 valence electrons. The number of H-pyrrole nitrogens is 1. The Hall–Kier alpha value is -2.86. The zero-order valence-corrected chi connectivity index (χ0v) is 13.7. The van der Waals surface area contributed by atoms with Gasteiger partial charge in [0.25, 0.3) is 5.56 Å². The summed E-state index contributed by atoms with van der Waals surface area (Å²) in [6.07, 6.45) is 2.10. The molecule has 0 bridgehead atoms. The first-order valence-electron chi connectivity index (χ1n) is 7.42. The van der Waals surface area contributed by atoms with Gasteiger partial charge in [0.2, 0.25) is 0 Å². The van der Waals surface area contributed by atoms with Crippen molar-refractivity contribution in [2.24, 2.45) is 0 Å². The highest BCUT2D eigenvalue weighted by Crippen LogP contribution is 2.31. The number of hydrogen-bond donors (Lipinski definition) is 1. The predicted molar refractivity (Wildman–Crippen MR) is 93.7 cm³/mol. The summed E-state index contributed by atoms with van der Waals surface area (Å²) < 4.78 is 10.8. The molecule has 4 aromatic rings. The van der Waals surface area contributed by atoms with Gasteiger partial charge >= 0.3 is 0 Å². The van der Waals surface area contributed by atoms with Crippen LogP contribution in [-0.4, -0.2) is 17.1 Å². The van der Waals surface area contributed by atoms with Crippen LogP contribution in [0.4, 0.5) is 0 Å². The molecule has 0 amide bonds. The number of thiophene rings is 1. The maximum absolute atomic E-state index is 12.6. The summed E-state index contributed by atoms with van der Waals surface area (Å²) in [6.45, 7) is 0. The summed E-state index contributed by atoms with van der Waals surface area (Å²) in [5, 5.41) is 2.47. The number of ether oxygens (including phenoxy) is 1. The number of hydrogen-bond acceptors (Lipinski definition) is 5. The van der Waals surface area contributed by atoms with E-state index >= 15 is 0 Å². The van der Waals surface area contributed by atoms with Crippen molar-refractivity contribution >= 4 is 21.6 Å². The Morgan fingerprint density at radius 1 is 1.25 bits per heavy atom. The minimum absolute atomic E-state index is 0.155. The molecule has 0 saturated carbocycles. The van der Waals surface area contributed by atoms with E-state index in [0.717, 1.165) is 16.9 Å². The molecule has 0 aliphatic heterocycles. The number of rotatable bonds is 4. The van der Waals surface area contributed by atoms with Gasteiger partial charge in [-0.25, -0.2) is 4.98 Å². The van der Waals surface area contributed by atoms with Crippen LogP contribution in [0.25, 0.3) is 21.5 Å². The second kappa shape index (κ2) is 5.98. The molecule has 4 rings (SSSR count). The standard InChI is InChI=1S/C18H14N2O3S/c1-22-13-6-3-2-5-11(13)9-15-19-17(21)16-12(10-24-18(16)20-15)14-7-4-8-23-14/h2-8,10H,9H2,1H3,(H,19,20,21). The number of furan rings is 1. The lowest BCUT2D eigenvalue weighted by Crippen LogP contribution is -2.12. The number of nitrogens with zero attached hydrogens (tertiary/aromatic N) is 1. The van der Waals surface area contributed by atoms with Crippen LogP contribution >= 0.6 is 11.3 Å². The third-order valence-corrected chi connectivity index (χ3v) is 4.70. The molecule has 0 atom stereocenters. The van der Waals surface area contributed by atoms with Crippen LogP contribution in [0.15, 0.2) is 57.3 Å². The van der Waals surface area contributed by atoms with Gasteiger partial charge in [0, 0.05) is 22.9 Å². The predicted octanol–water partition coefficient (Wildman–Crippen LogP) is 3.84. The van der Waals surface area contributed by atoms with E-state index in [2.05, 4.69) is 9.97 Å². The van der Waals surface area contributed by atoms with Crippen molar-refractivity contribution in [3.05, 3.63) is 69.8 Å². The van der Waals surface area contributed by atoms with Crippen molar-refractivity contribution < 1.29 is 9.15 Å². The van der Waals surface area contributed by atoms with Crippen LogP contribution in [0, 0.1) is 0 Å². The molecular weight excluding hydrogens is 324 g/mol. The zero-order chi connectivity index (χ0) is 16.5. The Balaban J connectivity index is 1.78. The number of fused-ring (bicyclic) bond motifs is 1. The fourth-order valence-corrected chi connectivity index (χ4v) is 3.67. The molecule has 0 unspecified atom stereocenters. The molecule has 0 aliphatic carbocycles. The van der Waals surface area contributed by atoms with Crippen molar-refractivity contribution in [1.82, 2.24) is 9.97 Å². The van der Waals surface area contributed by atoms with Gasteiger partial charge in [-0.15, -0.1) is 11.3 Å². The molecular formula is C18H14N2O3S. The lowest BCUT2D eigenvalue weighted by Gasteiger charge is -2.07. The summed E-state index contributed by atoms with van der Waals surface area (Å²) in [6, 6.07) is 11.4. The molecule has 0 aliphatic rings. The molecule has 0 fully saturated rings. The molecule has 24 heavy (non-hydrogen) atoms. The van der Waals surface area contributed by atoms with E-state index in [1.165, 1.54) is 11.3 Å². The number of benzene rings is 1. The highest BCUT2D eigenvalue weighted by Gasteiger charge is 2.15. The Labute approximate surface area is 141 Å². The second-order valence-corrected chi connectivity index (χ2v) is 6.17. The molecule has 0 saturated heterocycles. The van der Waals surface area contributed by atoms with Crippen molar-refractivity contribution in [2.45, 2.75) is 6.42 Å². The summed E-state index contributed by atoms with van der Waals surface area (Å²) in [4.78, 5) is 20.7. The van der Waals surface area contributed by atoms with Gasteiger partial charge in [-0.05, 0) is 18.2 Å². The van der Waals surface area contributed by atoms with Crippen LogP contribution in [0.1, 0.15) is 11.4 Å². The lowest BCUT2D eigenvalue weighted by molar-refractivity contribution is 0.410. The van der Waals surface area contributed by atoms with Gasteiger partial charge in [-0.1, -0.05) is 18.2 Å². The second-order valence-electron chi connectivity index (χ2n) is 5.31. The Morgan fingerprint density at radius 3 is 2.92 bits per heavy atom. The normalized spacial score (nSPS) is 11.0. The van der Waals surface area contributed by atoms with Crippen molar-refractivity contribution in [3.8, 4) is 17.1 Å². The number of methoxy groups -OCH3 is 1. The SMILES string of the molecule is COc1ccccc1Cc1nc2scc(-c3ccco3)c2c(=O)[nH]1. The third-order valence-electron chi connectivity index (χ3n) is 3.83. The average Bonchev–Trinajstić information content (AvgIpc) is 3.24. The first kappa shape index (κ1) is 14.7. The molecule has 3 heterocycles. The highest BCUT2D eigenvalue weighted by molar-refractivity contribution is 7.17. The van der Waals surface area contributed by atoms with Crippen LogP contribution < -0.4 is 10.3 Å². The van der Waals surface area contributed by atoms with Crippen molar-refractivity contribution in [1.29, 1.82) is 0 Å². The van der Waals surface area contributed by atoms with E-state index in [1.807, 2.05) is 35.7 Å². The molecule has 1 N–H and O–H groups in total. The quantitative estimate of drug-likeness (QED) is 0.614. The van der Waals surface area contributed by atoms with E-state index in [9.17, 15) is 4.79 Å². The van der Waals surface area contributed by atoms with Gasteiger partial charge in [-0.3, -0.25) is 4.79 Å². The Kier molecular flexibility index (Phi) is 3.66. The topological polar surface area (TPSA) is 68.1 Å². The molecule has 0 radical (unpaired) electrons. The first-order chi connectivity index (χ1) is 11.8. The van der Waals surface area contributed by atoms with E-state index in [0.29, 0.717) is 28.2 Å². The lowest BCUT2D eigenvalue weighted by atomic mass is 10.1. The summed E-state index contributed by atoms with van der Waals surface area (Å²) in [7, 11) is 1.63. The fraction of sp³-hybridized carbons (Fsp3) is 0.111. The largest absolute Gasteiger partial charge is 0.496 e. The Bertz CT molecular complexity index is 1050. The van der Waals surface area contributed by atoms with E-state index in [-0.39, 0.29) is 5.56 Å². The number of para-hydroxylation sites is 1.